The summed E-state index contributed by atoms with van der Waals surface area (Å²) in [5.41, 5.74) is 2.34. The van der Waals surface area contributed by atoms with Crippen LogP contribution >= 0.6 is 0 Å². The van der Waals surface area contributed by atoms with Crippen LogP contribution in [0, 0.1) is 12.7 Å². The lowest BCUT2D eigenvalue weighted by Crippen LogP contribution is -2.12. The molecule has 3 aromatic rings. The number of nitrogens with one attached hydrogen (secondary N) is 2. The Morgan fingerprint density at radius 2 is 2.10 bits per heavy atom. The highest BCUT2D eigenvalue weighted by Crippen LogP contribution is 2.18. The molecule has 1 amide bonds. The minimum absolute atomic E-state index is 0.292. The number of hydrogen-bond donors (Lipinski definition) is 2. The quantitative estimate of drug-likeness (QED) is 0.750. The minimum atomic E-state index is -0.386. The number of rotatable bonds is 2. The second-order valence-electron chi connectivity index (χ2n) is 4.59. The van der Waals surface area contributed by atoms with Gasteiger partial charge in [0.1, 0.15) is 5.82 Å². The van der Waals surface area contributed by atoms with Crippen molar-refractivity contribution >= 4 is 22.5 Å². The summed E-state index contributed by atoms with van der Waals surface area (Å²) in [6.07, 6.45) is 1.68. The molecule has 0 saturated carbocycles. The van der Waals surface area contributed by atoms with Crippen molar-refractivity contribution in [3.05, 3.63) is 59.5 Å². The van der Waals surface area contributed by atoms with Crippen molar-refractivity contribution in [3.63, 3.8) is 0 Å². The fourth-order valence-corrected chi connectivity index (χ4v) is 1.96. The van der Waals surface area contributed by atoms with E-state index in [1.807, 2.05) is 6.07 Å². The molecule has 4 nitrogen and oxygen atoms in total. The molecular weight excluding hydrogens is 257 g/mol. The smallest absolute Gasteiger partial charge is 0.255 e. The predicted molar refractivity (Wildman–Crippen MR) is 75.2 cm³/mol. The number of carbonyl (C=O) groups is 1. The van der Waals surface area contributed by atoms with Gasteiger partial charge in [0.25, 0.3) is 5.91 Å². The molecule has 0 atom stereocenters. The summed E-state index contributed by atoms with van der Waals surface area (Å²) in [7, 11) is 0. The topological polar surface area (TPSA) is 57.8 Å². The van der Waals surface area contributed by atoms with Crippen molar-refractivity contribution in [2.75, 3.05) is 5.32 Å². The lowest BCUT2D eigenvalue weighted by atomic mass is 10.1. The highest BCUT2D eigenvalue weighted by molar-refractivity contribution is 6.05. The van der Waals surface area contributed by atoms with Gasteiger partial charge in [-0.1, -0.05) is 6.07 Å². The van der Waals surface area contributed by atoms with Gasteiger partial charge in [-0.2, -0.15) is 5.10 Å². The molecule has 100 valence electrons. The standard InChI is InChI=1S/C15H12FN3O/c1-9-2-3-10(7-13(9)16)15(20)18-12-4-5-14-11(6-12)8-17-19-14/h2-8H,1H3,(H,17,19)(H,18,20). The summed E-state index contributed by atoms with van der Waals surface area (Å²) in [6.45, 7) is 1.66. The minimum Gasteiger partial charge on any atom is -0.322 e. The number of H-pyrrole nitrogens is 1. The number of aromatic amines is 1. The van der Waals surface area contributed by atoms with Crippen LogP contribution in [0.15, 0.2) is 42.6 Å². The van der Waals surface area contributed by atoms with E-state index in [1.54, 1.807) is 37.4 Å². The van der Waals surface area contributed by atoms with E-state index in [0.29, 0.717) is 16.8 Å². The number of aryl methyl sites for hydroxylation is 1. The van der Waals surface area contributed by atoms with E-state index in [0.717, 1.165) is 10.9 Å². The van der Waals surface area contributed by atoms with E-state index in [9.17, 15) is 9.18 Å². The van der Waals surface area contributed by atoms with Gasteiger partial charge in [-0.3, -0.25) is 9.89 Å². The van der Waals surface area contributed by atoms with Crippen LogP contribution in [0.3, 0.4) is 0 Å². The van der Waals surface area contributed by atoms with Gasteiger partial charge in [0.2, 0.25) is 0 Å². The highest BCUT2D eigenvalue weighted by Gasteiger charge is 2.09. The maximum atomic E-state index is 13.5. The molecule has 5 heteroatoms. The number of fused-ring (bicyclic) bond motifs is 1. The Hall–Kier alpha value is -2.69. The van der Waals surface area contributed by atoms with Gasteiger partial charge in [0.05, 0.1) is 11.7 Å². The number of nitrogens with zero attached hydrogens (tertiary/aromatic N) is 1. The molecule has 0 saturated heterocycles. The third kappa shape index (κ3) is 2.25. The molecule has 20 heavy (non-hydrogen) atoms. The Bertz CT molecular complexity index is 795. The molecule has 2 N–H and O–H groups in total. The van der Waals surface area contributed by atoms with E-state index in [2.05, 4.69) is 15.5 Å². The number of carbonyl (C=O) groups excluding carboxylic acids is 1. The van der Waals surface area contributed by atoms with Crippen molar-refractivity contribution in [3.8, 4) is 0 Å². The Morgan fingerprint density at radius 3 is 2.90 bits per heavy atom. The lowest BCUT2D eigenvalue weighted by molar-refractivity contribution is 0.102. The molecule has 1 heterocycles. The Kier molecular flexibility index (Phi) is 2.95. The third-order valence-corrected chi connectivity index (χ3v) is 3.13. The van der Waals surface area contributed by atoms with Crippen molar-refractivity contribution < 1.29 is 9.18 Å². The van der Waals surface area contributed by atoms with Crippen molar-refractivity contribution in [1.29, 1.82) is 0 Å². The molecule has 0 aliphatic heterocycles. The molecule has 0 aliphatic carbocycles. The number of anilines is 1. The van der Waals surface area contributed by atoms with Crippen molar-refractivity contribution in [2.45, 2.75) is 6.92 Å². The Morgan fingerprint density at radius 1 is 1.25 bits per heavy atom. The SMILES string of the molecule is Cc1ccc(C(=O)Nc2ccc3[nH]ncc3c2)cc1F. The summed E-state index contributed by atoms with van der Waals surface area (Å²) >= 11 is 0. The summed E-state index contributed by atoms with van der Waals surface area (Å²) < 4.78 is 13.5. The zero-order valence-electron chi connectivity index (χ0n) is 10.8. The first kappa shape index (κ1) is 12.3. The number of hydrogen-bond acceptors (Lipinski definition) is 2. The summed E-state index contributed by atoms with van der Waals surface area (Å²) in [5, 5.41) is 10.4. The monoisotopic (exact) mass is 269 g/mol. The maximum Gasteiger partial charge on any atom is 0.255 e. The number of halogens is 1. The van der Waals surface area contributed by atoms with E-state index in [4.69, 9.17) is 0 Å². The number of benzene rings is 2. The van der Waals surface area contributed by atoms with Gasteiger partial charge in [0, 0.05) is 16.6 Å². The van der Waals surface area contributed by atoms with Gasteiger partial charge in [-0.15, -0.1) is 0 Å². The van der Waals surface area contributed by atoms with Gasteiger partial charge < -0.3 is 5.32 Å². The molecule has 0 fully saturated rings. The van der Waals surface area contributed by atoms with Crippen LogP contribution in [-0.4, -0.2) is 16.1 Å². The second kappa shape index (κ2) is 4.77. The lowest BCUT2D eigenvalue weighted by Gasteiger charge is -2.06. The normalized spacial score (nSPS) is 10.7. The number of amides is 1. The van der Waals surface area contributed by atoms with Crippen LogP contribution in [0.2, 0.25) is 0 Å². The van der Waals surface area contributed by atoms with Crippen LogP contribution in [0.5, 0.6) is 0 Å². The fraction of sp³-hybridized carbons (Fsp3) is 0.0667. The van der Waals surface area contributed by atoms with Crippen LogP contribution < -0.4 is 5.32 Å². The average Bonchev–Trinajstić information content (AvgIpc) is 2.89. The molecule has 0 radical (unpaired) electrons. The fourth-order valence-electron chi connectivity index (χ4n) is 1.96. The predicted octanol–water partition coefficient (Wildman–Crippen LogP) is 3.26. The first-order valence-corrected chi connectivity index (χ1v) is 6.14. The second-order valence-corrected chi connectivity index (χ2v) is 4.59. The molecule has 2 aromatic carbocycles. The van der Waals surface area contributed by atoms with Crippen LogP contribution in [-0.2, 0) is 0 Å². The van der Waals surface area contributed by atoms with Gasteiger partial charge in [-0.25, -0.2) is 4.39 Å². The Labute approximate surface area is 114 Å². The van der Waals surface area contributed by atoms with E-state index < -0.39 is 0 Å². The molecule has 3 rings (SSSR count). The van der Waals surface area contributed by atoms with Gasteiger partial charge in [0.15, 0.2) is 0 Å². The molecule has 0 aliphatic rings. The van der Waals surface area contributed by atoms with Gasteiger partial charge in [-0.05, 0) is 42.8 Å². The zero-order valence-corrected chi connectivity index (χ0v) is 10.8. The third-order valence-electron chi connectivity index (χ3n) is 3.13. The largest absolute Gasteiger partial charge is 0.322 e. The van der Waals surface area contributed by atoms with E-state index >= 15 is 0 Å². The highest BCUT2D eigenvalue weighted by atomic mass is 19.1. The first-order valence-electron chi connectivity index (χ1n) is 6.14. The molecule has 0 bridgehead atoms. The molecule has 1 aromatic heterocycles. The van der Waals surface area contributed by atoms with E-state index in [1.165, 1.54) is 6.07 Å². The van der Waals surface area contributed by atoms with Crippen LogP contribution in [0.1, 0.15) is 15.9 Å². The maximum absolute atomic E-state index is 13.5. The van der Waals surface area contributed by atoms with Crippen molar-refractivity contribution in [2.24, 2.45) is 0 Å². The molecule has 0 unspecified atom stereocenters. The van der Waals surface area contributed by atoms with Crippen LogP contribution in [0.25, 0.3) is 10.9 Å². The van der Waals surface area contributed by atoms with Gasteiger partial charge >= 0.3 is 0 Å². The van der Waals surface area contributed by atoms with Crippen LogP contribution in [0.4, 0.5) is 10.1 Å². The zero-order chi connectivity index (χ0) is 14.1. The van der Waals surface area contributed by atoms with E-state index in [-0.39, 0.29) is 11.7 Å². The first-order chi connectivity index (χ1) is 9.63. The molecular formula is C15H12FN3O. The summed E-state index contributed by atoms with van der Waals surface area (Å²) in [4.78, 5) is 12.1. The number of aromatic nitrogens is 2. The summed E-state index contributed by atoms with van der Waals surface area (Å²) in [5.74, 6) is -0.727. The Balaban J connectivity index is 1.85. The average molecular weight is 269 g/mol. The summed E-state index contributed by atoms with van der Waals surface area (Å²) in [6, 6.07) is 9.83. The molecule has 0 spiro atoms. The van der Waals surface area contributed by atoms with Crippen molar-refractivity contribution in [1.82, 2.24) is 10.2 Å².